The molecule has 0 aliphatic rings. The molecule has 0 atom stereocenters. The van der Waals surface area contributed by atoms with Gasteiger partial charge >= 0.3 is 6.18 Å². The Morgan fingerprint density at radius 2 is 1.73 bits per heavy atom. The van der Waals surface area contributed by atoms with Crippen molar-refractivity contribution >= 4 is 5.91 Å². The summed E-state index contributed by atoms with van der Waals surface area (Å²) in [5.74, 6) is -3.52. The van der Waals surface area contributed by atoms with Crippen molar-refractivity contribution in [3.05, 3.63) is 88.9 Å². The number of amides is 1. The van der Waals surface area contributed by atoms with Crippen LogP contribution in [0.1, 0.15) is 27.2 Å². The molecule has 0 fully saturated rings. The van der Waals surface area contributed by atoms with E-state index in [1.807, 2.05) is 30.3 Å². The number of ether oxygens (including phenoxy) is 1. The minimum atomic E-state index is -5.02. The van der Waals surface area contributed by atoms with E-state index < -0.39 is 41.4 Å². The lowest BCUT2D eigenvalue weighted by atomic mass is 10.1. The van der Waals surface area contributed by atoms with E-state index in [1.54, 1.807) is 0 Å². The molecule has 0 aliphatic carbocycles. The number of benzene rings is 2. The van der Waals surface area contributed by atoms with Crippen LogP contribution in [0.2, 0.25) is 0 Å². The predicted molar refractivity (Wildman–Crippen MR) is 95.3 cm³/mol. The highest BCUT2D eigenvalue weighted by molar-refractivity contribution is 5.91. The van der Waals surface area contributed by atoms with Crippen LogP contribution in [0.4, 0.5) is 22.0 Å². The fraction of sp³-hybridized carbons (Fsp3) is 0.150. The molecular weight excluding hydrogens is 409 g/mol. The Morgan fingerprint density at radius 3 is 2.37 bits per heavy atom. The third-order valence-electron chi connectivity index (χ3n) is 3.97. The normalized spacial score (nSPS) is 11.2. The molecule has 2 aromatic carbocycles. The number of halogens is 5. The molecule has 3 rings (SSSR count). The van der Waals surface area contributed by atoms with Gasteiger partial charge in [0.1, 0.15) is 23.9 Å². The van der Waals surface area contributed by atoms with Crippen molar-refractivity contribution in [2.45, 2.75) is 19.3 Å². The highest BCUT2D eigenvalue weighted by Gasteiger charge is 2.35. The van der Waals surface area contributed by atoms with E-state index in [-0.39, 0.29) is 24.2 Å². The zero-order chi connectivity index (χ0) is 21.7. The molecule has 1 N–H and O–H groups in total. The Morgan fingerprint density at radius 1 is 1.00 bits per heavy atom. The van der Waals surface area contributed by atoms with E-state index in [0.717, 1.165) is 11.8 Å². The Balaban J connectivity index is 1.59. The summed E-state index contributed by atoms with van der Waals surface area (Å²) in [7, 11) is 0. The Bertz CT molecular complexity index is 1030. The maximum absolute atomic E-state index is 13.8. The molecule has 0 bridgehead atoms. The SMILES string of the molecule is O=C(NCc1cc(F)c(C(F)(F)F)cc1F)c1cnc(OCc2ccccc2)cn1. The van der Waals surface area contributed by atoms with Crippen molar-refractivity contribution in [1.29, 1.82) is 0 Å². The third-order valence-corrected chi connectivity index (χ3v) is 3.97. The quantitative estimate of drug-likeness (QED) is 0.601. The number of rotatable bonds is 6. The number of carbonyl (C=O) groups excluding carboxylic acids is 1. The van der Waals surface area contributed by atoms with Gasteiger partial charge in [0.15, 0.2) is 0 Å². The minimum Gasteiger partial charge on any atom is -0.472 e. The van der Waals surface area contributed by atoms with Crippen LogP contribution >= 0.6 is 0 Å². The fourth-order valence-electron chi connectivity index (χ4n) is 2.45. The van der Waals surface area contributed by atoms with Crippen molar-refractivity contribution in [2.75, 3.05) is 0 Å². The largest absolute Gasteiger partial charge is 0.472 e. The van der Waals surface area contributed by atoms with E-state index >= 15 is 0 Å². The molecule has 1 aromatic heterocycles. The highest BCUT2D eigenvalue weighted by atomic mass is 19.4. The molecule has 0 radical (unpaired) electrons. The number of hydrogen-bond donors (Lipinski definition) is 1. The second kappa shape index (κ2) is 8.85. The zero-order valence-corrected chi connectivity index (χ0v) is 15.2. The molecule has 0 aliphatic heterocycles. The van der Waals surface area contributed by atoms with Gasteiger partial charge in [-0.25, -0.2) is 18.7 Å². The first-order valence-corrected chi connectivity index (χ1v) is 8.56. The summed E-state index contributed by atoms with van der Waals surface area (Å²) in [5, 5.41) is 2.25. The lowest BCUT2D eigenvalue weighted by Gasteiger charge is -2.11. The summed E-state index contributed by atoms with van der Waals surface area (Å²) in [6, 6.07) is 9.73. The summed E-state index contributed by atoms with van der Waals surface area (Å²) in [6.45, 7) is -0.284. The van der Waals surface area contributed by atoms with Crippen LogP contribution in [0.25, 0.3) is 0 Å². The van der Waals surface area contributed by atoms with Crippen LogP contribution in [0.3, 0.4) is 0 Å². The summed E-state index contributed by atoms with van der Waals surface area (Å²) in [4.78, 5) is 19.9. The standard InChI is InChI=1S/C20H14F5N3O2/c21-15-7-14(20(23,24)25)16(22)6-13(15)8-28-19(29)17-9-27-18(10-26-17)30-11-12-4-2-1-3-5-12/h1-7,9-10H,8,11H2,(H,28,29). The lowest BCUT2D eigenvalue weighted by Crippen LogP contribution is -2.25. The van der Waals surface area contributed by atoms with E-state index in [1.165, 1.54) is 6.20 Å². The second-order valence-corrected chi connectivity index (χ2v) is 6.12. The topological polar surface area (TPSA) is 64.1 Å². The number of nitrogens with zero attached hydrogens (tertiary/aromatic N) is 2. The van der Waals surface area contributed by atoms with Crippen molar-refractivity contribution < 1.29 is 31.5 Å². The molecule has 3 aromatic rings. The van der Waals surface area contributed by atoms with Crippen molar-refractivity contribution in [1.82, 2.24) is 15.3 Å². The summed E-state index contributed by atoms with van der Waals surface area (Å²) in [5.41, 5.74) is -1.38. The molecule has 0 saturated carbocycles. The highest BCUT2D eigenvalue weighted by Crippen LogP contribution is 2.32. The van der Waals surface area contributed by atoms with Crippen LogP contribution in [-0.2, 0) is 19.3 Å². The fourth-order valence-corrected chi connectivity index (χ4v) is 2.45. The van der Waals surface area contributed by atoms with E-state index in [0.29, 0.717) is 6.07 Å². The van der Waals surface area contributed by atoms with Gasteiger partial charge in [-0.05, 0) is 17.7 Å². The molecule has 1 amide bonds. The van der Waals surface area contributed by atoms with Crippen molar-refractivity contribution in [3.8, 4) is 5.88 Å². The van der Waals surface area contributed by atoms with Crippen LogP contribution < -0.4 is 10.1 Å². The Labute approximate surface area is 167 Å². The summed E-state index contributed by atoms with van der Waals surface area (Å²) in [6.07, 6.45) is -2.68. The average molecular weight is 423 g/mol. The summed E-state index contributed by atoms with van der Waals surface area (Å²) < 4.78 is 70.6. The predicted octanol–water partition coefficient (Wildman–Crippen LogP) is 4.28. The van der Waals surface area contributed by atoms with Gasteiger partial charge in [-0.1, -0.05) is 30.3 Å². The van der Waals surface area contributed by atoms with Gasteiger partial charge in [-0.15, -0.1) is 0 Å². The van der Waals surface area contributed by atoms with E-state index in [9.17, 15) is 26.7 Å². The van der Waals surface area contributed by atoms with Crippen LogP contribution in [-0.4, -0.2) is 15.9 Å². The first kappa shape index (κ1) is 21.2. The molecular formula is C20H14F5N3O2. The molecule has 0 saturated heterocycles. The molecule has 5 nitrogen and oxygen atoms in total. The third kappa shape index (κ3) is 5.28. The molecule has 0 unspecified atom stereocenters. The van der Waals surface area contributed by atoms with Crippen LogP contribution in [0, 0.1) is 11.6 Å². The maximum Gasteiger partial charge on any atom is 0.419 e. The Kier molecular flexibility index (Phi) is 6.24. The Hall–Kier alpha value is -3.56. The van der Waals surface area contributed by atoms with Crippen LogP contribution in [0.5, 0.6) is 5.88 Å². The molecule has 30 heavy (non-hydrogen) atoms. The number of alkyl halides is 3. The van der Waals surface area contributed by atoms with Gasteiger partial charge in [-0.2, -0.15) is 13.2 Å². The molecule has 156 valence electrons. The monoisotopic (exact) mass is 423 g/mol. The minimum absolute atomic E-state index is 0.0511. The molecule has 10 heteroatoms. The lowest BCUT2D eigenvalue weighted by molar-refractivity contribution is -0.140. The van der Waals surface area contributed by atoms with Crippen molar-refractivity contribution in [3.63, 3.8) is 0 Å². The van der Waals surface area contributed by atoms with E-state index in [2.05, 4.69) is 15.3 Å². The van der Waals surface area contributed by atoms with Gasteiger partial charge < -0.3 is 10.1 Å². The smallest absolute Gasteiger partial charge is 0.419 e. The van der Waals surface area contributed by atoms with Crippen molar-refractivity contribution in [2.24, 2.45) is 0 Å². The molecule has 1 heterocycles. The van der Waals surface area contributed by atoms with Gasteiger partial charge in [-0.3, -0.25) is 4.79 Å². The number of aromatic nitrogens is 2. The number of carbonyl (C=O) groups is 1. The average Bonchev–Trinajstić information content (AvgIpc) is 2.72. The first-order chi connectivity index (χ1) is 14.2. The number of nitrogens with one attached hydrogen (secondary N) is 1. The van der Waals surface area contributed by atoms with Gasteiger partial charge in [0.2, 0.25) is 5.88 Å². The summed E-state index contributed by atoms with van der Waals surface area (Å²) >= 11 is 0. The number of hydrogen-bond acceptors (Lipinski definition) is 4. The van der Waals surface area contributed by atoms with Gasteiger partial charge in [0, 0.05) is 12.1 Å². The van der Waals surface area contributed by atoms with E-state index in [4.69, 9.17) is 4.74 Å². The van der Waals surface area contributed by atoms with Crippen LogP contribution in [0.15, 0.2) is 54.9 Å². The first-order valence-electron chi connectivity index (χ1n) is 8.56. The second-order valence-electron chi connectivity index (χ2n) is 6.12. The molecule has 0 spiro atoms. The van der Waals surface area contributed by atoms with Gasteiger partial charge in [0.05, 0.1) is 18.0 Å². The maximum atomic E-state index is 13.8. The zero-order valence-electron chi connectivity index (χ0n) is 15.2. The van der Waals surface area contributed by atoms with Gasteiger partial charge in [0.25, 0.3) is 5.91 Å².